The van der Waals surface area contributed by atoms with Crippen molar-refractivity contribution in [2.75, 3.05) is 6.54 Å². The normalized spacial score (nSPS) is 12.4. The zero-order valence-corrected chi connectivity index (χ0v) is 15.1. The van der Waals surface area contributed by atoms with Crippen LogP contribution in [0.4, 0.5) is 0 Å². The molecule has 0 saturated carbocycles. The lowest BCUT2D eigenvalue weighted by molar-refractivity contribution is 0.548. The second-order valence-electron chi connectivity index (χ2n) is 6.67. The van der Waals surface area contributed by atoms with E-state index in [-0.39, 0.29) is 5.63 Å². The summed E-state index contributed by atoms with van der Waals surface area (Å²) in [6.07, 6.45) is 1.08. The molecule has 3 rings (SSSR count). The van der Waals surface area contributed by atoms with Crippen molar-refractivity contribution in [3.05, 3.63) is 81.2 Å². The van der Waals surface area contributed by atoms with Gasteiger partial charge in [-0.15, -0.1) is 0 Å². The Morgan fingerprint density at radius 2 is 1.76 bits per heavy atom. The lowest BCUT2D eigenvalue weighted by Crippen LogP contribution is -2.21. The fourth-order valence-corrected chi connectivity index (χ4v) is 3.23. The average molecular weight is 335 g/mol. The van der Waals surface area contributed by atoms with Crippen LogP contribution in [-0.4, -0.2) is 6.54 Å². The van der Waals surface area contributed by atoms with Crippen molar-refractivity contribution in [3.8, 4) is 0 Å². The van der Waals surface area contributed by atoms with Crippen LogP contribution in [0.15, 0.2) is 57.7 Å². The second-order valence-corrected chi connectivity index (χ2v) is 6.67. The fourth-order valence-electron chi connectivity index (χ4n) is 3.23. The van der Waals surface area contributed by atoms with Gasteiger partial charge in [-0.3, -0.25) is 0 Å². The molecule has 3 nitrogen and oxygen atoms in total. The van der Waals surface area contributed by atoms with Gasteiger partial charge in [-0.25, -0.2) is 4.79 Å². The molecular formula is C22H25NO2. The quantitative estimate of drug-likeness (QED) is 0.664. The molecule has 1 N–H and O–H groups in total. The van der Waals surface area contributed by atoms with E-state index >= 15 is 0 Å². The molecule has 0 aliphatic rings. The monoisotopic (exact) mass is 335 g/mol. The van der Waals surface area contributed by atoms with Crippen molar-refractivity contribution >= 4 is 11.0 Å². The Balaban J connectivity index is 1.79. The highest BCUT2D eigenvalue weighted by molar-refractivity contribution is 5.81. The topological polar surface area (TPSA) is 42.2 Å². The first-order chi connectivity index (χ1) is 12.1. The zero-order valence-electron chi connectivity index (χ0n) is 15.1. The molecule has 0 unspecified atom stereocenters. The lowest BCUT2D eigenvalue weighted by atomic mass is 9.96. The van der Waals surface area contributed by atoms with Crippen molar-refractivity contribution in [3.63, 3.8) is 0 Å². The van der Waals surface area contributed by atoms with E-state index in [9.17, 15) is 4.79 Å². The number of hydrogen-bond donors (Lipinski definition) is 1. The van der Waals surface area contributed by atoms with Gasteiger partial charge in [-0.1, -0.05) is 37.3 Å². The number of benzene rings is 2. The van der Waals surface area contributed by atoms with Crippen LogP contribution < -0.4 is 10.9 Å². The number of fused-ring (bicyclic) bond motifs is 1. The predicted octanol–water partition coefficient (Wildman–Crippen LogP) is 4.69. The average Bonchev–Trinajstić information content (AvgIpc) is 2.61. The molecule has 2 aromatic carbocycles. The third-order valence-corrected chi connectivity index (χ3v) is 4.91. The van der Waals surface area contributed by atoms with Gasteiger partial charge in [0.05, 0.1) is 0 Å². The molecule has 1 atom stereocenters. The van der Waals surface area contributed by atoms with Crippen LogP contribution in [0.25, 0.3) is 11.0 Å². The van der Waals surface area contributed by atoms with Crippen LogP contribution in [0.2, 0.25) is 0 Å². The van der Waals surface area contributed by atoms with Gasteiger partial charge in [0.2, 0.25) is 0 Å². The summed E-state index contributed by atoms with van der Waals surface area (Å²) < 4.78 is 5.37. The summed E-state index contributed by atoms with van der Waals surface area (Å²) in [5, 5.41) is 4.54. The van der Waals surface area contributed by atoms with Crippen molar-refractivity contribution < 1.29 is 4.42 Å². The van der Waals surface area contributed by atoms with E-state index in [0.717, 1.165) is 29.5 Å². The van der Waals surface area contributed by atoms with E-state index in [1.54, 1.807) is 6.07 Å². The SMILES string of the molecule is CC[C@H](CNCc1cc(=O)oc2cc(C)c(C)cc12)c1ccccc1. The Labute approximate surface area is 148 Å². The predicted molar refractivity (Wildman–Crippen MR) is 103 cm³/mol. The minimum atomic E-state index is -0.289. The van der Waals surface area contributed by atoms with Crippen LogP contribution in [-0.2, 0) is 6.54 Å². The van der Waals surface area contributed by atoms with Crippen molar-refractivity contribution in [2.24, 2.45) is 0 Å². The van der Waals surface area contributed by atoms with Gasteiger partial charge in [-0.2, -0.15) is 0 Å². The van der Waals surface area contributed by atoms with E-state index < -0.39 is 0 Å². The van der Waals surface area contributed by atoms with Crippen LogP contribution in [0, 0.1) is 13.8 Å². The minimum absolute atomic E-state index is 0.289. The molecule has 130 valence electrons. The molecular weight excluding hydrogens is 310 g/mol. The Morgan fingerprint density at radius 3 is 2.48 bits per heavy atom. The lowest BCUT2D eigenvalue weighted by Gasteiger charge is -2.17. The largest absolute Gasteiger partial charge is 0.423 e. The van der Waals surface area contributed by atoms with Gasteiger partial charge in [0.1, 0.15) is 5.58 Å². The third-order valence-electron chi connectivity index (χ3n) is 4.91. The third kappa shape index (κ3) is 3.99. The van der Waals surface area contributed by atoms with Gasteiger partial charge in [0, 0.05) is 24.5 Å². The van der Waals surface area contributed by atoms with E-state index in [2.05, 4.69) is 49.5 Å². The van der Waals surface area contributed by atoms with E-state index in [1.807, 2.05) is 19.1 Å². The summed E-state index contributed by atoms with van der Waals surface area (Å²) >= 11 is 0. The Bertz CT molecular complexity index is 912. The highest BCUT2D eigenvalue weighted by atomic mass is 16.4. The summed E-state index contributed by atoms with van der Waals surface area (Å²) in [4.78, 5) is 11.9. The van der Waals surface area contributed by atoms with Crippen molar-refractivity contribution in [2.45, 2.75) is 39.7 Å². The second kappa shape index (κ2) is 7.66. The van der Waals surface area contributed by atoms with Gasteiger partial charge in [0.25, 0.3) is 0 Å². The number of nitrogens with one attached hydrogen (secondary N) is 1. The summed E-state index contributed by atoms with van der Waals surface area (Å²) in [7, 11) is 0. The molecule has 3 aromatic rings. The van der Waals surface area contributed by atoms with E-state index in [1.165, 1.54) is 11.1 Å². The van der Waals surface area contributed by atoms with Crippen LogP contribution in [0.3, 0.4) is 0 Å². The van der Waals surface area contributed by atoms with Crippen molar-refractivity contribution in [1.82, 2.24) is 5.32 Å². The molecule has 0 saturated heterocycles. The first-order valence-corrected chi connectivity index (χ1v) is 8.88. The summed E-state index contributed by atoms with van der Waals surface area (Å²) in [6.45, 7) is 7.87. The number of hydrogen-bond acceptors (Lipinski definition) is 3. The van der Waals surface area contributed by atoms with Crippen LogP contribution in [0.5, 0.6) is 0 Å². The molecule has 1 aromatic heterocycles. The Hall–Kier alpha value is -2.39. The Morgan fingerprint density at radius 1 is 1.04 bits per heavy atom. The molecule has 0 amide bonds. The van der Waals surface area contributed by atoms with Gasteiger partial charge < -0.3 is 9.73 Å². The molecule has 0 aliphatic carbocycles. The Kier molecular flexibility index (Phi) is 5.34. The smallest absolute Gasteiger partial charge is 0.336 e. The molecule has 0 spiro atoms. The fraction of sp³-hybridized carbons (Fsp3) is 0.318. The summed E-state index contributed by atoms with van der Waals surface area (Å²) in [5.74, 6) is 0.469. The molecule has 25 heavy (non-hydrogen) atoms. The van der Waals surface area contributed by atoms with Gasteiger partial charge >= 0.3 is 5.63 Å². The summed E-state index contributed by atoms with van der Waals surface area (Å²) in [6, 6.07) is 16.2. The minimum Gasteiger partial charge on any atom is -0.423 e. The number of aryl methyl sites for hydroxylation is 2. The van der Waals surface area contributed by atoms with Crippen LogP contribution in [0.1, 0.15) is 41.5 Å². The first kappa shape index (κ1) is 17.4. The molecule has 0 fully saturated rings. The van der Waals surface area contributed by atoms with E-state index in [0.29, 0.717) is 18.0 Å². The molecule has 0 radical (unpaired) electrons. The molecule has 0 bridgehead atoms. The maximum atomic E-state index is 11.9. The summed E-state index contributed by atoms with van der Waals surface area (Å²) in [5.41, 5.74) is 5.07. The molecule has 0 aliphatic heterocycles. The standard InChI is InChI=1S/C22H25NO2/c1-4-17(18-8-6-5-7-9-18)13-23-14-19-12-22(24)25-21-11-16(3)15(2)10-20(19)21/h5-12,17,23H,4,13-14H2,1-3H3/t17-/m1/s1. The number of rotatable bonds is 6. The van der Waals surface area contributed by atoms with Gasteiger partial charge in [0.15, 0.2) is 0 Å². The van der Waals surface area contributed by atoms with Crippen molar-refractivity contribution in [1.29, 1.82) is 0 Å². The highest BCUT2D eigenvalue weighted by Crippen LogP contribution is 2.22. The molecule has 1 heterocycles. The van der Waals surface area contributed by atoms with Gasteiger partial charge in [-0.05, 0) is 60.6 Å². The van der Waals surface area contributed by atoms with E-state index in [4.69, 9.17) is 4.42 Å². The first-order valence-electron chi connectivity index (χ1n) is 8.88. The molecule has 3 heteroatoms. The maximum absolute atomic E-state index is 11.9. The zero-order chi connectivity index (χ0) is 17.8. The maximum Gasteiger partial charge on any atom is 0.336 e. The highest BCUT2D eigenvalue weighted by Gasteiger charge is 2.11. The van der Waals surface area contributed by atoms with Crippen LogP contribution >= 0.6 is 0 Å².